The van der Waals surface area contributed by atoms with Crippen LogP contribution in [0.2, 0.25) is 0 Å². The van der Waals surface area contributed by atoms with Gasteiger partial charge in [-0.2, -0.15) is 0 Å². The maximum Gasteiger partial charge on any atom is 0.339 e. The lowest BCUT2D eigenvalue weighted by molar-refractivity contribution is 0.00519. The van der Waals surface area contributed by atoms with Crippen molar-refractivity contribution >= 4 is 17.7 Å². The molecule has 25 heavy (non-hydrogen) atoms. The molecule has 1 unspecified atom stereocenters. The summed E-state index contributed by atoms with van der Waals surface area (Å²) >= 11 is 0. The quantitative estimate of drug-likeness (QED) is 0.481. The first kappa shape index (κ1) is 17.5. The Morgan fingerprint density at radius 1 is 1.44 bits per heavy atom. The van der Waals surface area contributed by atoms with E-state index in [0.29, 0.717) is 24.7 Å². The second-order valence-corrected chi connectivity index (χ2v) is 6.30. The molecule has 0 aromatic carbocycles. The van der Waals surface area contributed by atoms with Gasteiger partial charge >= 0.3 is 5.97 Å². The summed E-state index contributed by atoms with van der Waals surface area (Å²) in [4.78, 5) is 24.8. The van der Waals surface area contributed by atoms with Gasteiger partial charge in [0.25, 0.3) is 0 Å². The Labute approximate surface area is 147 Å². The summed E-state index contributed by atoms with van der Waals surface area (Å²) in [5.41, 5.74) is 6.59. The lowest BCUT2D eigenvalue weighted by Crippen LogP contribution is -2.53. The second-order valence-electron chi connectivity index (χ2n) is 6.30. The predicted molar refractivity (Wildman–Crippen MR) is 94.8 cm³/mol. The highest BCUT2D eigenvalue weighted by molar-refractivity contribution is 5.89. The van der Waals surface area contributed by atoms with Crippen molar-refractivity contribution in [3.8, 4) is 0 Å². The molecular weight excluding hydrogens is 322 g/mol. The predicted octanol–water partition coefficient (Wildman–Crippen LogP) is 0.482. The van der Waals surface area contributed by atoms with Gasteiger partial charge in [0.1, 0.15) is 5.82 Å². The highest BCUT2D eigenvalue weighted by atomic mass is 16.5. The summed E-state index contributed by atoms with van der Waals surface area (Å²) in [6.07, 6.45) is 1.73. The average molecular weight is 347 g/mol. The van der Waals surface area contributed by atoms with E-state index in [1.807, 2.05) is 13.0 Å². The van der Waals surface area contributed by atoms with Gasteiger partial charge in [-0.1, -0.05) is 0 Å². The number of hydrogen-bond donors (Lipinski definition) is 1. The number of pyridine rings is 1. The van der Waals surface area contributed by atoms with Crippen LogP contribution in [0.5, 0.6) is 0 Å². The SMILES string of the molecule is CCOC(=O)c1ccc(N2CC(N=C(N)N3CCOC(C)C3)C2)nc1. The molecular formula is C17H25N5O3. The van der Waals surface area contributed by atoms with E-state index in [-0.39, 0.29) is 18.1 Å². The van der Waals surface area contributed by atoms with Crippen molar-refractivity contribution in [2.24, 2.45) is 10.7 Å². The third kappa shape index (κ3) is 4.19. The van der Waals surface area contributed by atoms with Gasteiger partial charge in [-0.25, -0.2) is 14.8 Å². The number of carbonyl (C=O) groups is 1. The number of guanidine groups is 1. The fraction of sp³-hybridized carbons (Fsp3) is 0.588. The Balaban J connectivity index is 1.52. The van der Waals surface area contributed by atoms with Crippen LogP contribution in [0, 0.1) is 0 Å². The van der Waals surface area contributed by atoms with Crippen LogP contribution < -0.4 is 10.6 Å². The largest absolute Gasteiger partial charge is 0.462 e. The maximum atomic E-state index is 11.6. The van der Waals surface area contributed by atoms with E-state index in [9.17, 15) is 4.79 Å². The Hall–Kier alpha value is -2.35. The molecule has 0 amide bonds. The number of morpholine rings is 1. The number of rotatable bonds is 4. The number of aliphatic imine (C=N–C) groups is 1. The van der Waals surface area contributed by atoms with Crippen molar-refractivity contribution in [2.75, 3.05) is 44.3 Å². The molecule has 0 saturated carbocycles. The Morgan fingerprint density at radius 2 is 2.24 bits per heavy atom. The number of nitrogens with zero attached hydrogens (tertiary/aromatic N) is 4. The van der Waals surface area contributed by atoms with E-state index >= 15 is 0 Å². The van der Waals surface area contributed by atoms with Crippen LogP contribution in [-0.2, 0) is 9.47 Å². The summed E-state index contributed by atoms with van der Waals surface area (Å²) in [6, 6.07) is 3.74. The maximum absolute atomic E-state index is 11.6. The minimum atomic E-state index is -0.347. The van der Waals surface area contributed by atoms with Crippen LogP contribution in [0.1, 0.15) is 24.2 Å². The van der Waals surface area contributed by atoms with Gasteiger partial charge in [0.15, 0.2) is 5.96 Å². The van der Waals surface area contributed by atoms with E-state index < -0.39 is 0 Å². The number of nitrogens with two attached hydrogens (primary N) is 1. The van der Waals surface area contributed by atoms with Crippen LogP contribution in [0.3, 0.4) is 0 Å². The molecule has 3 heterocycles. The zero-order valence-electron chi connectivity index (χ0n) is 14.7. The van der Waals surface area contributed by atoms with Crippen LogP contribution in [0.4, 0.5) is 5.82 Å². The van der Waals surface area contributed by atoms with Crippen LogP contribution in [0.15, 0.2) is 23.3 Å². The molecule has 0 radical (unpaired) electrons. The van der Waals surface area contributed by atoms with Gasteiger partial charge in [-0.3, -0.25) is 0 Å². The number of anilines is 1. The monoisotopic (exact) mass is 347 g/mol. The summed E-state index contributed by atoms with van der Waals surface area (Å²) in [7, 11) is 0. The van der Waals surface area contributed by atoms with Gasteiger partial charge in [-0.15, -0.1) is 0 Å². The number of aromatic nitrogens is 1. The molecule has 8 nitrogen and oxygen atoms in total. The highest BCUT2D eigenvalue weighted by Gasteiger charge is 2.29. The number of ether oxygens (including phenoxy) is 2. The first-order valence-corrected chi connectivity index (χ1v) is 8.64. The van der Waals surface area contributed by atoms with Gasteiger partial charge in [0.05, 0.1) is 30.9 Å². The van der Waals surface area contributed by atoms with Gasteiger partial charge in [0, 0.05) is 32.4 Å². The fourth-order valence-corrected chi connectivity index (χ4v) is 2.93. The normalized spacial score (nSPS) is 21.8. The average Bonchev–Trinajstić information content (AvgIpc) is 2.58. The van der Waals surface area contributed by atoms with Crippen LogP contribution in [0.25, 0.3) is 0 Å². The summed E-state index contributed by atoms with van der Waals surface area (Å²) in [5.74, 6) is 1.07. The van der Waals surface area contributed by atoms with E-state index in [2.05, 4.69) is 19.8 Å². The molecule has 2 fully saturated rings. The molecule has 8 heteroatoms. The first-order chi connectivity index (χ1) is 12.1. The molecule has 2 aliphatic rings. The second kappa shape index (κ2) is 7.69. The molecule has 2 saturated heterocycles. The molecule has 1 atom stereocenters. The smallest absolute Gasteiger partial charge is 0.339 e. The van der Waals surface area contributed by atoms with Crippen molar-refractivity contribution in [3.05, 3.63) is 23.9 Å². The molecule has 0 aliphatic carbocycles. The molecule has 0 spiro atoms. The van der Waals surface area contributed by atoms with Gasteiger partial charge < -0.3 is 25.0 Å². The highest BCUT2D eigenvalue weighted by Crippen LogP contribution is 2.21. The van der Waals surface area contributed by atoms with E-state index in [4.69, 9.17) is 15.2 Å². The summed E-state index contributed by atoms with van der Waals surface area (Å²) in [6.45, 7) is 7.97. The standard InChI is InChI=1S/C17H25N5O3/c1-3-24-16(23)13-4-5-15(19-8-13)22-10-14(11-22)20-17(18)21-6-7-25-12(2)9-21/h4-5,8,12,14H,3,6-7,9-11H2,1-2H3,(H2,18,20). The van der Waals surface area contributed by atoms with Gasteiger partial charge in [0.2, 0.25) is 0 Å². The van der Waals surface area contributed by atoms with Crippen molar-refractivity contribution in [1.29, 1.82) is 0 Å². The van der Waals surface area contributed by atoms with E-state index in [0.717, 1.165) is 32.0 Å². The molecule has 0 bridgehead atoms. The number of hydrogen-bond acceptors (Lipinski definition) is 6. The van der Waals surface area contributed by atoms with Crippen molar-refractivity contribution in [2.45, 2.75) is 26.0 Å². The van der Waals surface area contributed by atoms with Gasteiger partial charge in [-0.05, 0) is 26.0 Å². The van der Waals surface area contributed by atoms with E-state index in [1.165, 1.54) is 0 Å². The number of carbonyl (C=O) groups excluding carboxylic acids is 1. The first-order valence-electron chi connectivity index (χ1n) is 8.64. The topological polar surface area (TPSA) is 93.3 Å². The lowest BCUT2D eigenvalue weighted by Gasteiger charge is -2.39. The third-order valence-electron chi connectivity index (χ3n) is 4.33. The molecule has 1 aromatic heterocycles. The lowest BCUT2D eigenvalue weighted by atomic mass is 10.1. The van der Waals surface area contributed by atoms with Crippen LogP contribution in [-0.4, -0.2) is 73.4 Å². The number of esters is 1. The van der Waals surface area contributed by atoms with Crippen molar-refractivity contribution < 1.29 is 14.3 Å². The molecule has 2 aliphatic heterocycles. The fourth-order valence-electron chi connectivity index (χ4n) is 2.93. The Bertz CT molecular complexity index is 628. The van der Waals surface area contributed by atoms with E-state index in [1.54, 1.807) is 19.2 Å². The van der Waals surface area contributed by atoms with Crippen LogP contribution >= 0.6 is 0 Å². The summed E-state index contributed by atoms with van der Waals surface area (Å²) < 4.78 is 10.5. The zero-order valence-corrected chi connectivity index (χ0v) is 14.7. The van der Waals surface area contributed by atoms with Crippen molar-refractivity contribution in [1.82, 2.24) is 9.88 Å². The molecule has 1 aromatic rings. The van der Waals surface area contributed by atoms with Crippen molar-refractivity contribution in [3.63, 3.8) is 0 Å². The zero-order chi connectivity index (χ0) is 17.8. The Kier molecular flexibility index (Phi) is 5.37. The Morgan fingerprint density at radius 3 is 2.88 bits per heavy atom. The summed E-state index contributed by atoms with van der Waals surface area (Å²) in [5, 5.41) is 0. The third-order valence-corrected chi connectivity index (χ3v) is 4.33. The molecule has 136 valence electrons. The minimum absolute atomic E-state index is 0.171. The molecule has 2 N–H and O–H groups in total. The molecule has 3 rings (SSSR count). The minimum Gasteiger partial charge on any atom is -0.462 e.